The summed E-state index contributed by atoms with van der Waals surface area (Å²) in [7, 11) is 0. The van der Waals surface area contributed by atoms with Gasteiger partial charge < -0.3 is 14.8 Å². The fraction of sp³-hybridized carbons (Fsp3) is 0.154. The largest absolute Gasteiger partial charge is 0.490 e. The molecule has 1 amide bonds. The molecule has 0 aliphatic carbocycles. The van der Waals surface area contributed by atoms with Crippen molar-refractivity contribution < 1.29 is 14.3 Å². The molecule has 1 N–H and O–H groups in total. The molecule has 0 atom stereocenters. The summed E-state index contributed by atoms with van der Waals surface area (Å²) >= 11 is 15.9. The van der Waals surface area contributed by atoms with E-state index in [0.29, 0.717) is 43.9 Å². The zero-order valence-corrected chi connectivity index (χ0v) is 21.6. The van der Waals surface area contributed by atoms with Crippen molar-refractivity contribution >= 4 is 56.8 Å². The van der Waals surface area contributed by atoms with Gasteiger partial charge in [-0.15, -0.1) is 0 Å². The molecule has 0 aliphatic rings. The van der Waals surface area contributed by atoms with Crippen LogP contribution in [-0.4, -0.2) is 12.5 Å². The normalized spacial score (nSPS) is 11.0. The topological polar surface area (TPSA) is 71.3 Å². The van der Waals surface area contributed by atoms with Gasteiger partial charge in [0.15, 0.2) is 11.5 Å². The predicted molar refractivity (Wildman–Crippen MR) is 140 cm³/mol. The van der Waals surface area contributed by atoms with Crippen molar-refractivity contribution in [3.63, 3.8) is 0 Å². The van der Waals surface area contributed by atoms with Crippen molar-refractivity contribution in [2.24, 2.45) is 0 Å². The van der Waals surface area contributed by atoms with Gasteiger partial charge in [0.25, 0.3) is 5.91 Å². The van der Waals surface area contributed by atoms with E-state index in [1.54, 1.807) is 30.3 Å². The average molecular weight is 560 g/mol. The number of benzene rings is 3. The monoisotopic (exact) mass is 558 g/mol. The maximum absolute atomic E-state index is 12.8. The molecule has 5 nitrogen and oxygen atoms in total. The maximum Gasteiger partial charge on any atom is 0.266 e. The molecule has 34 heavy (non-hydrogen) atoms. The first-order valence-electron chi connectivity index (χ1n) is 10.3. The summed E-state index contributed by atoms with van der Waals surface area (Å²) in [6.45, 7) is 4.33. The number of hydrogen-bond donors (Lipinski definition) is 1. The molecule has 0 aliphatic heterocycles. The number of amides is 1. The van der Waals surface area contributed by atoms with E-state index in [9.17, 15) is 10.1 Å². The quantitative estimate of drug-likeness (QED) is 0.228. The van der Waals surface area contributed by atoms with E-state index < -0.39 is 5.91 Å². The summed E-state index contributed by atoms with van der Waals surface area (Å²) in [4.78, 5) is 12.8. The van der Waals surface area contributed by atoms with Crippen LogP contribution in [0.15, 0.2) is 64.6 Å². The first kappa shape index (κ1) is 25.6. The van der Waals surface area contributed by atoms with Gasteiger partial charge in [-0.3, -0.25) is 4.79 Å². The lowest BCUT2D eigenvalue weighted by molar-refractivity contribution is -0.112. The lowest BCUT2D eigenvalue weighted by Gasteiger charge is -2.15. The van der Waals surface area contributed by atoms with E-state index >= 15 is 0 Å². The lowest BCUT2D eigenvalue weighted by Crippen LogP contribution is -2.14. The van der Waals surface area contributed by atoms with Crippen LogP contribution >= 0.6 is 39.1 Å². The molecule has 0 saturated carbocycles. The van der Waals surface area contributed by atoms with Gasteiger partial charge in [0.1, 0.15) is 18.2 Å². The molecule has 0 aromatic heterocycles. The van der Waals surface area contributed by atoms with E-state index in [-0.39, 0.29) is 12.2 Å². The molecular formula is C26H21BrCl2N2O3. The minimum Gasteiger partial charge on any atom is -0.490 e. The summed E-state index contributed by atoms with van der Waals surface area (Å²) < 4.78 is 12.4. The van der Waals surface area contributed by atoms with Gasteiger partial charge in [0.05, 0.1) is 21.8 Å². The zero-order valence-electron chi connectivity index (χ0n) is 18.5. The summed E-state index contributed by atoms with van der Waals surface area (Å²) in [6, 6.07) is 18.1. The van der Waals surface area contributed by atoms with E-state index in [1.165, 1.54) is 6.08 Å². The summed E-state index contributed by atoms with van der Waals surface area (Å²) in [5.74, 6) is 0.398. The molecule has 0 heterocycles. The first-order chi connectivity index (χ1) is 16.3. The Morgan fingerprint density at radius 3 is 2.53 bits per heavy atom. The Kier molecular flexibility index (Phi) is 9.00. The molecule has 0 unspecified atom stereocenters. The average Bonchev–Trinajstić information content (AvgIpc) is 2.80. The second-order valence-corrected chi connectivity index (χ2v) is 8.87. The van der Waals surface area contributed by atoms with Gasteiger partial charge >= 0.3 is 0 Å². The smallest absolute Gasteiger partial charge is 0.266 e. The molecule has 0 spiro atoms. The number of nitriles is 1. The third kappa shape index (κ3) is 6.32. The highest BCUT2D eigenvalue weighted by atomic mass is 79.9. The predicted octanol–water partition coefficient (Wildman–Crippen LogP) is 7.59. The molecule has 3 rings (SSSR count). The second kappa shape index (κ2) is 11.9. The third-order valence-corrected chi connectivity index (χ3v) is 6.07. The number of anilines is 1. The number of nitrogens with one attached hydrogen (secondary N) is 1. The van der Waals surface area contributed by atoms with Crippen LogP contribution in [0.3, 0.4) is 0 Å². The van der Waals surface area contributed by atoms with Gasteiger partial charge in [-0.2, -0.15) is 5.26 Å². The highest BCUT2D eigenvalue weighted by molar-refractivity contribution is 9.10. The molecule has 3 aromatic carbocycles. The number of ether oxygens (including phenoxy) is 2. The van der Waals surface area contributed by atoms with Crippen molar-refractivity contribution in [1.82, 2.24) is 0 Å². The van der Waals surface area contributed by atoms with Crippen molar-refractivity contribution in [2.75, 3.05) is 11.9 Å². The number of carbonyl (C=O) groups is 1. The highest BCUT2D eigenvalue weighted by Crippen LogP contribution is 2.38. The first-order valence-corrected chi connectivity index (χ1v) is 11.9. The van der Waals surface area contributed by atoms with Gasteiger partial charge in [0.2, 0.25) is 0 Å². The summed E-state index contributed by atoms with van der Waals surface area (Å²) in [5.41, 5.74) is 2.59. The minimum absolute atomic E-state index is 0.0848. The van der Waals surface area contributed by atoms with E-state index in [0.717, 1.165) is 11.1 Å². The standard InChI is InChI=1S/C26H21BrCl2N2O3/c1-3-33-23-13-17(12-20(27)25(23)34-15-18-8-4-5-9-21(18)28)11-19(14-30)26(32)31-24-16(2)7-6-10-22(24)29/h4-13H,3,15H2,1-2H3,(H,31,32)/b19-11+. The molecule has 0 radical (unpaired) electrons. The minimum atomic E-state index is -0.563. The number of carbonyl (C=O) groups excluding carboxylic acids is 1. The molecule has 0 fully saturated rings. The fourth-order valence-electron chi connectivity index (χ4n) is 3.13. The summed E-state index contributed by atoms with van der Waals surface area (Å²) in [6.07, 6.45) is 1.48. The van der Waals surface area contributed by atoms with Crippen LogP contribution in [0.25, 0.3) is 6.08 Å². The maximum atomic E-state index is 12.8. The van der Waals surface area contributed by atoms with Gasteiger partial charge in [-0.05, 0) is 71.2 Å². The second-order valence-electron chi connectivity index (χ2n) is 7.20. The van der Waals surface area contributed by atoms with Gasteiger partial charge in [-0.25, -0.2) is 0 Å². The Hall–Kier alpha value is -2.98. The van der Waals surface area contributed by atoms with Crippen molar-refractivity contribution in [3.05, 3.63) is 91.4 Å². The molecule has 0 saturated heterocycles. The number of nitrogens with zero attached hydrogens (tertiary/aromatic N) is 1. The Morgan fingerprint density at radius 2 is 1.85 bits per heavy atom. The number of aryl methyl sites for hydroxylation is 1. The fourth-order valence-corrected chi connectivity index (χ4v) is 4.16. The SMILES string of the molecule is CCOc1cc(/C=C(\C#N)C(=O)Nc2c(C)cccc2Cl)cc(Br)c1OCc1ccccc1Cl. The van der Waals surface area contributed by atoms with Gasteiger partial charge in [0, 0.05) is 10.6 Å². The number of halogens is 3. The Morgan fingerprint density at radius 1 is 1.12 bits per heavy atom. The summed E-state index contributed by atoms with van der Waals surface area (Å²) in [5, 5.41) is 13.3. The van der Waals surface area contributed by atoms with E-state index in [4.69, 9.17) is 32.7 Å². The zero-order chi connectivity index (χ0) is 24.7. The number of hydrogen-bond acceptors (Lipinski definition) is 4. The van der Waals surface area contributed by atoms with Crippen LogP contribution in [0.4, 0.5) is 5.69 Å². The number of rotatable bonds is 8. The van der Waals surface area contributed by atoms with Crippen LogP contribution in [0.2, 0.25) is 10.0 Å². The molecular weight excluding hydrogens is 539 g/mol. The highest BCUT2D eigenvalue weighted by Gasteiger charge is 2.16. The third-order valence-electron chi connectivity index (χ3n) is 4.80. The lowest BCUT2D eigenvalue weighted by atomic mass is 10.1. The molecule has 174 valence electrons. The number of para-hydroxylation sites is 1. The van der Waals surface area contributed by atoms with Crippen LogP contribution < -0.4 is 14.8 Å². The van der Waals surface area contributed by atoms with Crippen molar-refractivity contribution in [2.45, 2.75) is 20.5 Å². The molecule has 3 aromatic rings. The molecule has 8 heteroatoms. The van der Waals surface area contributed by atoms with Crippen LogP contribution in [0.5, 0.6) is 11.5 Å². The Bertz CT molecular complexity index is 1270. The van der Waals surface area contributed by atoms with E-state index in [1.807, 2.05) is 44.2 Å². The van der Waals surface area contributed by atoms with Gasteiger partial charge in [-0.1, -0.05) is 53.5 Å². The molecule has 0 bridgehead atoms. The van der Waals surface area contributed by atoms with Crippen molar-refractivity contribution in [1.29, 1.82) is 5.26 Å². The van der Waals surface area contributed by atoms with Crippen molar-refractivity contribution in [3.8, 4) is 17.6 Å². The Balaban J connectivity index is 1.88. The van der Waals surface area contributed by atoms with Crippen LogP contribution in [-0.2, 0) is 11.4 Å². The van der Waals surface area contributed by atoms with Crippen LogP contribution in [0, 0.1) is 18.3 Å². The Labute approximate surface area is 217 Å². The van der Waals surface area contributed by atoms with E-state index in [2.05, 4.69) is 21.2 Å². The van der Waals surface area contributed by atoms with Crippen LogP contribution in [0.1, 0.15) is 23.6 Å².